The number of imidazole rings is 1. The zero-order valence-corrected chi connectivity index (χ0v) is 14.5. The third-order valence-electron chi connectivity index (χ3n) is 4.77. The summed E-state index contributed by atoms with van der Waals surface area (Å²) in [5.41, 5.74) is 4.76. The lowest BCUT2D eigenvalue weighted by atomic mass is 10.0. The molecule has 1 amide bonds. The van der Waals surface area contributed by atoms with Gasteiger partial charge in [0.1, 0.15) is 6.04 Å². The predicted octanol–water partition coefficient (Wildman–Crippen LogP) is 3.20. The second kappa shape index (κ2) is 6.49. The highest BCUT2D eigenvalue weighted by Gasteiger charge is 2.33. The molecule has 1 aliphatic rings. The molecule has 0 spiro atoms. The summed E-state index contributed by atoms with van der Waals surface area (Å²) in [5.74, 6) is 0.0424. The molecule has 0 radical (unpaired) electrons. The number of carbonyl (C=O) groups excluding carboxylic acids is 1. The number of hydrogen-bond donors (Lipinski definition) is 0. The Labute approximate surface area is 152 Å². The van der Waals surface area contributed by atoms with Gasteiger partial charge in [0.2, 0.25) is 0 Å². The summed E-state index contributed by atoms with van der Waals surface area (Å²) in [5, 5.41) is 9.00. The molecule has 0 aliphatic carbocycles. The van der Waals surface area contributed by atoms with Crippen molar-refractivity contribution in [1.29, 1.82) is 5.26 Å². The van der Waals surface area contributed by atoms with Crippen molar-refractivity contribution < 1.29 is 4.79 Å². The van der Waals surface area contributed by atoms with Gasteiger partial charge in [-0.15, -0.1) is 0 Å². The minimum Gasteiger partial charge on any atom is -0.330 e. The van der Waals surface area contributed by atoms with Crippen molar-refractivity contribution in [3.8, 4) is 6.07 Å². The lowest BCUT2D eigenvalue weighted by Gasteiger charge is -2.34. The zero-order valence-electron chi connectivity index (χ0n) is 14.5. The van der Waals surface area contributed by atoms with Crippen LogP contribution in [0.3, 0.4) is 0 Å². The second-order valence-corrected chi connectivity index (χ2v) is 6.61. The molecule has 128 valence electrons. The highest BCUT2D eigenvalue weighted by molar-refractivity contribution is 5.84. The van der Waals surface area contributed by atoms with Crippen LogP contribution in [0, 0.1) is 18.3 Å². The molecule has 0 bridgehead atoms. The molecule has 26 heavy (non-hydrogen) atoms. The van der Waals surface area contributed by atoms with E-state index in [-0.39, 0.29) is 5.91 Å². The average Bonchev–Trinajstić information content (AvgIpc) is 3.12. The molecule has 5 heteroatoms. The Kier molecular flexibility index (Phi) is 4.02. The molecule has 0 N–H and O–H groups in total. The van der Waals surface area contributed by atoms with E-state index in [1.807, 2.05) is 27.8 Å². The summed E-state index contributed by atoms with van der Waals surface area (Å²) in [6.07, 6.45) is 3.52. The molecule has 1 atom stereocenters. The Morgan fingerprint density at radius 3 is 2.58 bits per heavy atom. The van der Waals surface area contributed by atoms with Crippen LogP contribution in [-0.2, 0) is 17.9 Å². The van der Waals surface area contributed by atoms with Crippen LogP contribution in [0.1, 0.15) is 34.0 Å². The summed E-state index contributed by atoms with van der Waals surface area (Å²) in [6, 6.07) is 17.1. The number of benzene rings is 2. The van der Waals surface area contributed by atoms with Gasteiger partial charge in [0, 0.05) is 12.7 Å². The number of hydrogen-bond acceptors (Lipinski definition) is 3. The summed E-state index contributed by atoms with van der Waals surface area (Å²) in [7, 11) is 0. The van der Waals surface area contributed by atoms with E-state index in [1.54, 1.807) is 18.5 Å². The van der Waals surface area contributed by atoms with E-state index in [2.05, 4.69) is 42.2 Å². The number of rotatable bonds is 3. The van der Waals surface area contributed by atoms with Crippen LogP contribution < -0.4 is 0 Å². The molecule has 2 heterocycles. The van der Waals surface area contributed by atoms with Crippen molar-refractivity contribution in [2.75, 3.05) is 0 Å². The summed E-state index contributed by atoms with van der Waals surface area (Å²) >= 11 is 0. The van der Waals surface area contributed by atoms with Crippen LogP contribution in [-0.4, -0.2) is 20.4 Å². The van der Waals surface area contributed by atoms with E-state index >= 15 is 0 Å². The normalized spacial score (nSPS) is 16.2. The summed E-state index contributed by atoms with van der Waals surface area (Å²) < 4.78 is 1.93. The third kappa shape index (κ3) is 2.86. The van der Waals surface area contributed by atoms with Crippen molar-refractivity contribution in [3.63, 3.8) is 0 Å². The van der Waals surface area contributed by atoms with E-state index < -0.39 is 6.04 Å². The fourth-order valence-corrected chi connectivity index (χ4v) is 3.34. The fraction of sp³-hybridized carbons (Fsp3) is 0.190. The molecule has 3 aromatic rings. The second-order valence-electron chi connectivity index (χ2n) is 6.61. The third-order valence-corrected chi connectivity index (χ3v) is 4.77. The largest absolute Gasteiger partial charge is 0.330 e. The van der Waals surface area contributed by atoms with Crippen molar-refractivity contribution >= 4 is 5.91 Å². The molecule has 1 aromatic heterocycles. The summed E-state index contributed by atoms with van der Waals surface area (Å²) in [4.78, 5) is 19.3. The van der Waals surface area contributed by atoms with Gasteiger partial charge in [-0.05, 0) is 30.2 Å². The van der Waals surface area contributed by atoms with E-state index in [0.29, 0.717) is 18.7 Å². The van der Waals surface area contributed by atoms with Crippen LogP contribution in [0.15, 0.2) is 61.1 Å². The van der Waals surface area contributed by atoms with Gasteiger partial charge in [-0.1, -0.05) is 42.0 Å². The lowest BCUT2D eigenvalue weighted by Crippen LogP contribution is -2.42. The minimum atomic E-state index is -0.445. The number of amides is 1. The first-order valence-corrected chi connectivity index (χ1v) is 8.51. The Hall–Kier alpha value is -3.39. The topological polar surface area (TPSA) is 61.9 Å². The summed E-state index contributed by atoms with van der Waals surface area (Å²) in [6.45, 7) is 3.16. The van der Waals surface area contributed by atoms with Gasteiger partial charge in [0.05, 0.1) is 30.2 Å². The fourth-order valence-electron chi connectivity index (χ4n) is 3.34. The van der Waals surface area contributed by atoms with Crippen molar-refractivity contribution in [2.45, 2.75) is 26.1 Å². The molecule has 2 aromatic carbocycles. The van der Waals surface area contributed by atoms with E-state index in [0.717, 1.165) is 16.8 Å². The standard InChI is InChI=1S/C21H18N4O/c1-15-2-4-17(5-3-15)12-24-13-19-11-23-14-25(19)20(21(24)26)18-8-6-16(10-22)7-9-18/h2-9,11,14,20H,12-13H2,1H3. The molecule has 1 unspecified atom stereocenters. The van der Waals surface area contributed by atoms with E-state index in [9.17, 15) is 4.79 Å². The van der Waals surface area contributed by atoms with Gasteiger partial charge in [-0.3, -0.25) is 4.79 Å². The minimum absolute atomic E-state index is 0.0424. The maximum Gasteiger partial charge on any atom is 0.250 e. The molecule has 0 saturated carbocycles. The highest BCUT2D eigenvalue weighted by atomic mass is 16.2. The van der Waals surface area contributed by atoms with E-state index in [4.69, 9.17) is 5.26 Å². The van der Waals surface area contributed by atoms with Crippen molar-refractivity contribution in [2.24, 2.45) is 0 Å². The average molecular weight is 342 g/mol. The SMILES string of the molecule is Cc1ccc(CN2Cc3cncn3C(c3ccc(C#N)cc3)C2=O)cc1. The number of nitrogens with zero attached hydrogens (tertiary/aromatic N) is 4. The molecule has 0 saturated heterocycles. The number of aromatic nitrogens is 2. The lowest BCUT2D eigenvalue weighted by molar-refractivity contribution is -0.136. The molecule has 4 rings (SSSR count). The number of fused-ring (bicyclic) bond motifs is 1. The quantitative estimate of drug-likeness (QED) is 0.734. The number of nitriles is 1. The van der Waals surface area contributed by atoms with Gasteiger partial charge in [-0.25, -0.2) is 4.98 Å². The van der Waals surface area contributed by atoms with Gasteiger partial charge in [0.15, 0.2) is 0 Å². The Morgan fingerprint density at radius 1 is 1.15 bits per heavy atom. The molecule has 5 nitrogen and oxygen atoms in total. The molecule has 1 aliphatic heterocycles. The molecular formula is C21H18N4O. The van der Waals surface area contributed by atoms with Gasteiger partial charge in [-0.2, -0.15) is 5.26 Å². The maximum atomic E-state index is 13.2. The Bertz CT molecular complexity index is 980. The predicted molar refractivity (Wildman–Crippen MR) is 97.0 cm³/mol. The Balaban J connectivity index is 1.68. The first-order chi connectivity index (χ1) is 12.7. The van der Waals surface area contributed by atoms with Gasteiger partial charge in [0.25, 0.3) is 5.91 Å². The van der Waals surface area contributed by atoms with Crippen molar-refractivity contribution in [3.05, 3.63) is 89.0 Å². The number of carbonyl (C=O) groups is 1. The van der Waals surface area contributed by atoms with Crippen LogP contribution in [0.5, 0.6) is 0 Å². The van der Waals surface area contributed by atoms with Crippen LogP contribution in [0.4, 0.5) is 0 Å². The van der Waals surface area contributed by atoms with Crippen LogP contribution >= 0.6 is 0 Å². The van der Waals surface area contributed by atoms with Crippen LogP contribution in [0.2, 0.25) is 0 Å². The Morgan fingerprint density at radius 2 is 1.88 bits per heavy atom. The number of aryl methyl sites for hydroxylation is 1. The first kappa shape index (κ1) is 16.1. The first-order valence-electron chi connectivity index (χ1n) is 8.51. The highest BCUT2D eigenvalue weighted by Crippen LogP contribution is 2.29. The van der Waals surface area contributed by atoms with Gasteiger partial charge < -0.3 is 9.47 Å². The van der Waals surface area contributed by atoms with Crippen molar-refractivity contribution in [1.82, 2.24) is 14.5 Å². The maximum absolute atomic E-state index is 13.2. The van der Waals surface area contributed by atoms with Gasteiger partial charge >= 0.3 is 0 Å². The molecular weight excluding hydrogens is 324 g/mol. The smallest absolute Gasteiger partial charge is 0.250 e. The zero-order chi connectivity index (χ0) is 18.1. The van der Waals surface area contributed by atoms with E-state index in [1.165, 1.54) is 5.56 Å². The molecule has 0 fully saturated rings. The van der Waals surface area contributed by atoms with Crippen LogP contribution in [0.25, 0.3) is 0 Å². The monoisotopic (exact) mass is 342 g/mol.